The molecule has 0 radical (unpaired) electrons. The van der Waals surface area contributed by atoms with E-state index in [1.807, 2.05) is 0 Å². The highest BCUT2D eigenvalue weighted by Crippen LogP contribution is 2.30. The highest BCUT2D eigenvalue weighted by Gasteiger charge is 2.33. The molecule has 1 N–H and O–H groups in total. The summed E-state index contributed by atoms with van der Waals surface area (Å²) in [6.45, 7) is 0.581. The van der Waals surface area contributed by atoms with Gasteiger partial charge in [0.1, 0.15) is 24.6 Å². The summed E-state index contributed by atoms with van der Waals surface area (Å²) in [7, 11) is 0. The lowest BCUT2D eigenvalue weighted by molar-refractivity contribution is -0.00393. The van der Waals surface area contributed by atoms with Crippen LogP contribution in [0.1, 0.15) is 16.2 Å². The summed E-state index contributed by atoms with van der Waals surface area (Å²) >= 11 is 0. The molecule has 202 valence electrons. The summed E-state index contributed by atoms with van der Waals surface area (Å²) in [6, 6.07) is 7.99. The first-order chi connectivity index (χ1) is 19.5. The van der Waals surface area contributed by atoms with E-state index in [-0.39, 0.29) is 18.8 Å². The van der Waals surface area contributed by atoms with Gasteiger partial charge in [0.05, 0.1) is 42.6 Å². The van der Waals surface area contributed by atoms with Crippen molar-refractivity contribution < 1.29 is 28.3 Å². The van der Waals surface area contributed by atoms with Gasteiger partial charge in [0, 0.05) is 35.9 Å². The number of cyclic esters (lactones) is 1. The number of hydrogen-bond acceptors (Lipinski definition) is 11. The molecule has 0 bridgehead atoms. The third kappa shape index (κ3) is 5.33. The quantitative estimate of drug-likeness (QED) is 0.326. The minimum absolute atomic E-state index is 0.0344. The van der Waals surface area contributed by atoms with Crippen molar-refractivity contribution in [2.75, 3.05) is 18.1 Å². The van der Waals surface area contributed by atoms with Crippen LogP contribution >= 0.6 is 0 Å². The summed E-state index contributed by atoms with van der Waals surface area (Å²) in [5.41, 5.74) is 5.27. The van der Waals surface area contributed by atoms with E-state index in [1.165, 1.54) is 35.8 Å². The van der Waals surface area contributed by atoms with Gasteiger partial charge in [-0.1, -0.05) is 11.3 Å². The molecule has 6 rings (SSSR count). The predicted octanol–water partition coefficient (Wildman–Crippen LogP) is 2.40. The molecule has 1 saturated heterocycles. The van der Waals surface area contributed by atoms with Crippen LogP contribution in [0.15, 0.2) is 73.6 Å². The number of rotatable bonds is 8. The zero-order valence-electron chi connectivity index (χ0n) is 20.8. The molecule has 4 aromatic rings. The number of benzene rings is 1. The number of aromatic nitrogens is 6. The van der Waals surface area contributed by atoms with Crippen molar-refractivity contribution in [2.45, 2.75) is 18.8 Å². The molecule has 1 fully saturated rings. The van der Waals surface area contributed by atoms with Crippen LogP contribution in [0.5, 0.6) is 0 Å². The molecule has 2 atom stereocenters. The van der Waals surface area contributed by atoms with E-state index in [0.717, 1.165) is 0 Å². The van der Waals surface area contributed by atoms with Crippen molar-refractivity contribution in [3.8, 4) is 11.1 Å². The lowest BCUT2D eigenvalue weighted by Crippen LogP contribution is -2.26. The second-order valence-corrected chi connectivity index (χ2v) is 8.87. The van der Waals surface area contributed by atoms with E-state index in [2.05, 4.69) is 30.7 Å². The zero-order chi connectivity index (χ0) is 27.5. The number of hydroxylamine groups is 1. The van der Waals surface area contributed by atoms with E-state index in [1.54, 1.807) is 47.4 Å². The average Bonchev–Trinajstić information content (AvgIpc) is 3.74. The van der Waals surface area contributed by atoms with Gasteiger partial charge in [0.25, 0.3) is 0 Å². The topological polar surface area (TPSA) is 146 Å². The number of carbonyl (C=O) groups is 2. The normalized spacial score (nSPS) is 18.3. The van der Waals surface area contributed by atoms with E-state index < -0.39 is 30.1 Å². The highest BCUT2D eigenvalue weighted by molar-refractivity contribution is 5.90. The third-order valence-corrected chi connectivity index (χ3v) is 6.18. The molecular weight excluding hydrogens is 523 g/mol. The molecule has 1 aromatic carbocycles. The van der Waals surface area contributed by atoms with Crippen LogP contribution < -0.4 is 10.4 Å². The van der Waals surface area contributed by atoms with Gasteiger partial charge in [0.2, 0.25) is 0 Å². The first-order valence-electron chi connectivity index (χ1n) is 12.2. The van der Waals surface area contributed by atoms with E-state index in [9.17, 15) is 9.59 Å². The Labute approximate surface area is 226 Å². The van der Waals surface area contributed by atoms with Gasteiger partial charge >= 0.3 is 12.1 Å². The minimum atomic E-state index is -0.609. The Hall–Kier alpha value is -5.24. The summed E-state index contributed by atoms with van der Waals surface area (Å²) < 4.78 is 27.3. The summed E-state index contributed by atoms with van der Waals surface area (Å²) in [4.78, 5) is 43.4. The molecule has 2 aliphatic heterocycles. The van der Waals surface area contributed by atoms with Gasteiger partial charge in [-0.2, -0.15) is 0 Å². The monoisotopic (exact) mass is 544 g/mol. The Morgan fingerprint density at radius 2 is 2.08 bits per heavy atom. The molecule has 5 heterocycles. The van der Waals surface area contributed by atoms with Crippen LogP contribution in [0.25, 0.3) is 16.8 Å². The predicted molar refractivity (Wildman–Crippen MR) is 136 cm³/mol. The van der Waals surface area contributed by atoms with Crippen LogP contribution in [0.4, 0.5) is 14.9 Å². The largest absolute Gasteiger partial charge is 0.458 e. The Balaban J connectivity index is 1.08. The number of ether oxygens (including phenoxy) is 2. The van der Waals surface area contributed by atoms with Crippen LogP contribution in [-0.2, 0) is 20.9 Å². The third-order valence-electron chi connectivity index (χ3n) is 6.18. The van der Waals surface area contributed by atoms with Crippen LogP contribution in [0, 0.1) is 5.82 Å². The number of nitrogens with one attached hydrogen (secondary N) is 1. The second kappa shape index (κ2) is 10.9. The molecular formula is C26H21FN8O5. The first-order valence-corrected chi connectivity index (χ1v) is 12.2. The molecule has 14 heteroatoms. The fourth-order valence-electron chi connectivity index (χ4n) is 4.23. The minimum Gasteiger partial charge on any atom is -0.458 e. The molecule has 0 aliphatic carbocycles. The van der Waals surface area contributed by atoms with Crippen LogP contribution in [0.2, 0.25) is 0 Å². The van der Waals surface area contributed by atoms with Crippen LogP contribution in [0.3, 0.4) is 0 Å². The molecule has 2 aliphatic rings. The maximum atomic E-state index is 15.1. The molecule has 13 nitrogen and oxygen atoms in total. The number of amides is 1. The van der Waals surface area contributed by atoms with E-state index >= 15 is 4.39 Å². The van der Waals surface area contributed by atoms with Gasteiger partial charge < -0.3 is 9.47 Å². The molecule has 0 saturated carbocycles. The Morgan fingerprint density at radius 1 is 1.15 bits per heavy atom. The Morgan fingerprint density at radius 3 is 2.83 bits per heavy atom. The summed E-state index contributed by atoms with van der Waals surface area (Å²) in [6.07, 6.45) is 9.15. The van der Waals surface area contributed by atoms with Crippen molar-refractivity contribution >= 4 is 23.4 Å². The number of pyridine rings is 1. The molecule has 3 aromatic heterocycles. The maximum absolute atomic E-state index is 15.1. The van der Waals surface area contributed by atoms with Crippen LogP contribution in [-0.4, -0.2) is 67.4 Å². The lowest BCUT2D eigenvalue weighted by Gasteiger charge is -2.14. The number of halogens is 1. The number of esters is 1. The van der Waals surface area contributed by atoms with Crippen molar-refractivity contribution in [1.82, 2.24) is 35.4 Å². The maximum Gasteiger partial charge on any atom is 0.414 e. The SMILES string of the molecule is O=C(OC[C@@H]1C=C(c2ccc(-c3ccc(N4C[C@H](Cn5ccnn5)OC4=O)cc3F)cn2)NO1)c1cnccn1. The van der Waals surface area contributed by atoms with E-state index in [0.29, 0.717) is 34.8 Å². The summed E-state index contributed by atoms with van der Waals surface area (Å²) in [5.74, 6) is -1.12. The molecule has 1 amide bonds. The Bertz CT molecular complexity index is 1550. The van der Waals surface area contributed by atoms with Gasteiger partial charge in [-0.25, -0.2) is 23.6 Å². The lowest BCUT2D eigenvalue weighted by atomic mass is 10.1. The zero-order valence-corrected chi connectivity index (χ0v) is 20.8. The molecule has 0 spiro atoms. The van der Waals surface area contributed by atoms with E-state index in [4.69, 9.17) is 14.3 Å². The first kappa shape index (κ1) is 25.1. The second-order valence-electron chi connectivity index (χ2n) is 8.87. The fourth-order valence-corrected chi connectivity index (χ4v) is 4.23. The van der Waals surface area contributed by atoms with Crippen molar-refractivity contribution in [3.05, 3.63) is 90.8 Å². The number of nitrogens with zero attached hydrogens (tertiary/aromatic N) is 7. The number of carbonyl (C=O) groups excluding carboxylic acids is 2. The van der Waals surface area contributed by atoms with Gasteiger partial charge in [-0.15, -0.1) is 5.10 Å². The van der Waals surface area contributed by atoms with Gasteiger partial charge in [-0.05, 0) is 30.3 Å². The Kier molecular flexibility index (Phi) is 6.80. The molecule has 40 heavy (non-hydrogen) atoms. The van der Waals surface area contributed by atoms with Crippen molar-refractivity contribution in [1.29, 1.82) is 0 Å². The van der Waals surface area contributed by atoms with Crippen molar-refractivity contribution in [2.24, 2.45) is 0 Å². The fraction of sp³-hybridized carbons (Fsp3) is 0.192. The van der Waals surface area contributed by atoms with Crippen molar-refractivity contribution in [3.63, 3.8) is 0 Å². The molecule has 0 unspecified atom stereocenters. The summed E-state index contributed by atoms with van der Waals surface area (Å²) in [5, 5.41) is 7.61. The average molecular weight is 545 g/mol. The highest BCUT2D eigenvalue weighted by atomic mass is 19.1. The van der Waals surface area contributed by atoms with Gasteiger partial charge in [-0.3, -0.25) is 25.2 Å². The standard InChI is InChI=1S/C26H21FN8O5/c27-21-9-17(35-14-19(39-26(35)37)13-34-8-7-31-33-34)2-3-20(21)16-1-4-22(30-11-16)23-10-18(40-32-23)15-38-25(36)24-12-28-5-6-29-24/h1-12,18-19,32H,13-15H2/t18-,19-/m0/s1. The van der Waals surface area contributed by atoms with Gasteiger partial charge in [0.15, 0.2) is 5.69 Å². The number of hydrogen-bond donors (Lipinski definition) is 1. The smallest absolute Gasteiger partial charge is 0.414 e. The number of anilines is 1.